The fourth-order valence-corrected chi connectivity index (χ4v) is 1.64. The van der Waals surface area contributed by atoms with Gasteiger partial charge in [-0.05, 0) is 17.4 Å². The van der Waals surface area contributed by atoms with Gasteiger partial charge in [0.1, 0.15) is 6.04 Å². The Morgan fingerprint density at radius 1 is 1.62 bits per heavy atom. The molecule has 0 saturated heterocycles. The highest BCUT2D eigenvalue weighted by Crippen LogP contribution is 2.16. The molecule has 0 saturated carbocycles. The van der Waals surface area contributed by atoms with E-state index in [2.05, 4.69) is 5.32 Å². The molecule has 1 heterocycles. The first-order valence-corrected chi connectivity index (χ1v) is 5.07. The molecule has 1 aromatic rings. The number of carbonyl (C=O) groups is 1. The normalized spacial score (nSPS) is 12.8. The molecule has 4 heteroatoms. The first-order valence-electron chi connectivity index (χ1n) is 4.13. The van der Waals surface area contributed by atoms with Gasteiger partial charge in [0, 0.05) is 11.1 Å². The van der Waals surface area contributed by atoms with E-state index >= 15 is 0 Å². The first-order chi connectivity index (χ1) is 6.11. The second kappa shape index (κ2) is 4.28. The fourth-order valence-electron chi connectivity index (χ4n) is 1.04. The molecule has 1 aromatic heterocycles. The van der Waals surface area contributed by atoms with Crippen molar-refractivity contribution < 1.29 is 9.90 Å². The van der Waals surface area contributed by atoms with Gasteiger partial charge in [0.2, 0.25) is 0 Å². The predicted octanol–water partition coefficient (Wildman–Crippen LogP) is 2.27. The molecule has 1 unspecified atom stereocenters. The molecule has 0 bridgehead atoms. The molecule has 0 aliphatic carbocycles. The van der Waals surface area contributed by atoms with E-state index in [1.54, 1.807) is 11.3 Å². The molecular weight excluding hydrogens is 186 g/mol. The third kappa shape index (κ3) is 2.73. The zero-order valence-electron chi connectivity index (χ0n) is 7.65. The van der Waals surface area contributed by atoms with Crippen LogP contribution >= 0.6 is 11.3 Å². The minimum Gasteiger partial charge on any atom is -0.480 e. The van der Waals surface area contributed by atoms with Crippen LogP contribution in [0.1, 0.15) is 13.8 Å². The van der Waals surface area contributed by atoms with E-state index in [1.807, 2.05) is 30.7 Å². The largest absolute Gasteiger partial charge is 0.480 e. The second-order valence-corrected chi connectivity index (χ2v) is 4.00. The highest BCUT2D eigenvalue weighted by molar-refractivity contribution is 7.08. The molecule has 0 aliphatic rings. The molecule has 13 heavy (non-hydrogen) atoms. The van der Waals surface area contributed by atoms with Gasteiger partial charge in [-0.2, -0.15) is 11.3 Å². The van der Waals surface area contributed by atoms with Gasteiger partial charge in [0.25, 0.3) is 0 Å². The van der Waals surface area contributed by atoms with Crippen LogP contribution in [0.15, 0.2) is 16.8 Å². The van der Waals surface area contributed by atoms with Gasteiger partial charge in [-0.15, -0.1) is 0 Å². The van der Waals surface area contributed by atoms with Crippen LogP contribution in [0.2, 0.25) is 0 Å². The summed E-state index contributed by atoms with van der Waals surface area (Å²) in [5.74, 6) is -0.724. The smallest absolute Gasteiger partial charge is 0.326 e. The molecule has 0 amide bonds. The Labute approximate surface area is 81.4 Å². The van der Waals surface area contributed by atoms with E-state index < -0.39 is 12.0 Å². The third-order valence-electron chi connectivity index (χ3n) is 1.78. The predicted molar refractivity (Wildman–Crippen MR) is 54.2 cm³/mol. The van der Waals surface area contributed by atoms with Crippen molar-refractivity contribution >= 4 is 23.0 Å². The molecule has 1 atom stereocenters. The Morgan fingerprint density at radius 2 is 2.31 bits per heavy atom. The first kappa shape index (κ1) is 10.1. The molecule has 0 aliphatic heterocycles. The number of hydrogen-bond donors (Lipinski definition) is 2. The van der Waals surface area contributed by atoms with Gasteiger partial charge in [0.05, 0.1) is 0 Å². The molecule has 0 radical (unpaired) electrons. The van der Waals surface area contributed by atoms with Crippen LogP contribution in [-0.4, -0.2) is 17.1 Å². The van der Waals surface area contributed by atoms with Crippen LogP contribution in [0.3, 0.4) is 0 Å². The number of nitrogens with one attached hydrogen (secondary N) is 1. The number of rotatable bonds is 4. The van der Waals surface area contributed by atoms with Crippen LogP contribution in [-0.2, 0) is 4.79 Å². The van der Waals surface area contributed by atoms with Crippen LogP contribution in [0.4, 0.5) is 5.69 Å². The number of hydrogen-bond acceptors (Lipinski definition) is 3. The van der Waals surface area contributed by atoms with E-state index in [4.69, 9.17) is 5.11 Å². The zero-order chi connectivity index (χ0) is 9.84. The minimum atomic E-state index is -0.804. The molecular formula is C9H13NO2S. The Morgan fingerprint density at radius 3 is 2.69 bits per heavy atom. The van der Waals surface area contributed by atoms with Crippen molar-refractivity contribution in [2.24, 2.45) is 5.92 Å². The Kier molecular flexibility index (Phi) is 3.31. The molecule has 0 fully saturated rings. The quantitative estimate of drug-likeness (QED) is 0.782. The van der Waals surface area contributed by atoms with E-state index in [9.17, 15) is 4.79 Å². The van der Waals surface area contributed by atoms with Crippen molar-refractivity contribution in [3.8, 4) is 0 Å². The van der Waals surface area contributed by atoms with Crippen molar-refractivity contribution in [3.05, 3.63) is 16.8 Å². The van der Waals surface area contributed by atoms with Gasteiger partial charge >= 0.3 is 5.97 Å². The Hall–Kier alpha value is -1.03. The monoisotopic (exact) mass is 199 g/mol. The lowest BCUT2D eigenvalue weighted by Gasteiger charge is -2.17. The number of anilines is 1. The highest BCUT2D eigenvalue weighted by Gasteiger charge is 2.20. The van der Waals surface area contributed by atoms with Crippen LogP contribution in [0.25, 0.3) is 0 Å². The lowest BCUT2D eigenvalue weighted by atomic mass is 10.0. The van der Waals surface area contributed by atoms with Crippen LogP contribution in [0, 0.1) is 5.92 Å². The van der Waals surface area contributed by atoms with Crippen molar-refractivity contribution in [2.75, 3.05) is 5.32 Å². The van der Waals surface area contributed by atoms with E-state index in [1.165, 1.54) is 0 Å². The summed E-state index contributed by atoms with van der Waals surface area (Å²) in [5.41, 5.74) is 0.881. The summed E-state index contributed by atoms with van der Waals surface area (Å²) in [6.07, 6.45) is 0. The van der Waals surface area contributed by atoms with Crippen molar-refractivity contribution in [3.63, 3.8) is 0 Å². The topological polar surface area (TPSA) is 49.3 Å². The summed E-state index contributed by atoms with van der Waals surface area (Å²) >= 11 is 1.55. The molecule has 1 rings (SSSR count). The fraction of sp³-hybridized carbons (Fsp3) is 0.444. The molecule has 72 valence electrons. The van der Waals surface area contributed by atoms with Crippen molar-refractivity contribution in [1.82, 2.24) is 0 Å². The van der Waals surface area contributed by atoms with Crippen LogP contribution < -0.4 is 5.32 Å². The molecule has 0 aromatic carbocycles. The summed E-state index contributed by atoms with van der Waals surface area (Å²) in [4.78, 5) is 10.8. The number of thiophene rings is 1. The zero-order valence-corrected chi connectivity index (χ0v) is 8.47. The average molecular weight is 199 g/mol. The van der Waals surface area contributed by atoms with Crippen LogP contribution in [0.5, 0.6) is 0 Å². The lowest BCUT2D eigenvalue weighted by molar-refractivity contribution is -0.138. The third-order valence-corrected chi connectivity index (χ3v) is 2.46. The maximum atomic E-state index is 10.8. The minimum absolute atomic E-state index is 0.0809. The molecule has 0 spiro atoms. The summed E-state index contributed by atoms with van der Waals surface area (Å²) in [6.45, 7) is 3.77. The van der Waals surface area contributed by atoms with Crippen molar-refractivity contribution in [1.29, 1.82) is 0 Å². The van der Waals surface area contributed by atoms with Gasteiger partial charge in [-0.3, -0.25) is 0 Å². The summed E-state index contributed by atoms with van der Waals surface area (Å²) in [6, 6.07) is 1.37. The lowest BCUT2D eigenvalue weighted by Crippen LogP contribution is -2.34. The van der Waals surface area contributed by atoms with E-state index in [-0.39, 0.29) is 5.92 Å². The number of carboxylic acid groups (broad SMARTS) is 1. The summed E-state index contributed by atoms with van der Waals surface area (Å²) in [5, 5.41) is 15.7. The highest BCUT2D eigenvalue weighted by atomic mass is 32.1. The van der Waals surface area contributed by atoms with Crippen molar-refractivity contribution in [2.45, 2.75) is 19.9 Å². The number of aliphatic carboxylic acids is 1. The van der Waals surface area contributed by atoms with Gasteiger partial charge < -0.3 is 10.4 Å². The Balaban J connectivity index is 2.63. The van der Waals surface area contributed by atoms with Gasteiger partial charge in [-0.25, -0.2) is 4.79 Å². The second-order valence-electron chi connectivity index (χ2n) is 3.22. The SMILES string of the molecule is CC(C)C(Nc1ccsc1)C(=O)O. The average Bonchev–Trinajstić information content (AvgIpc) is 2.50. The molecule has 2 N–H and O–H groups in total. The van der Waals surface area contributed by atoms with Gasteiger partial charge in [0.15, 0.2) is 0 Å². The Bertz CT molecular complexity index is 269. The standard InChI is InChI=1S/C9H13NO2S/c1-6(2)8(9(11)12)10-7-3-4-13-5-7/h3-6,8,10H,1-2H3,(H,11,12). The maximum absolute atomic E-state index is 10.8. The maximum Gasteiger partial charge on any atom is 0.326 e. The van der Waals surface area contributed by atoms with Gasteiger partial charge in [-0.1, -0.05) is 13.8 Å². The van der Waals surface area contributed by atoms with E-state index in [0.29, 0.717) is 0 Å². The number of carboxylic acids is 1. The summed E-state index contributed by atoms with van der Waals surface area (Å²) < 4.78 is 0. The molecule has 3 nitrogen and oxygen atoms in total. The summed E-state index contributed by atoms with van der Waals surface area (Å²) in [7, 11) is 0. The van der Waals surface area contributed by atoms with E-state index in [0.717, 1.165) is 5.69 Å².